The van der Waals surface area contributed by atoms with E-state index in [1.165, 1.54) is 0 Å². The zero-order valence-corrected chi connectivity index (χ0v) is 15.6. The van der Waals surface area contributed by atoms with Crippen LogP contribution in [0.2, 0.25) is 0 Å². The van der Waals surface area contributed by atoms with Crippen LogP contribution in [-0.2, 0) is 14.6 Å². The number of ether oxygens (including phenoxy) is 1. The first-order chi connectivity index (χ1) is 11.8. The van der Waals surface area contributed by atoms with Crippen LogP contribution in [0.25, 0.3) is 0 Å². The van der Waals surface area contributed by atoms with Crippen LogP contribution in [0, 0.1) is 0 Å². The third-order valence-corrected chi connectivity index (χ3v) is 6.40. The van der Waals surface area contributed by atoms with Crippen molar-refractivity contribution in [3.05, 3.63) is 65.7 Å². The molecule has 0 aliphatic carbocycles. The number of esters is 1. The molecule has 2 aromatic carbocycles. The highest BCUT2D eigenvalue weighted by Crippen LogP contribution is 2.21. The van der Waals surface area contributed by atoms with Crippen LogP contribution < -0.4 is 0 Å². The standard InChI is InChI=1S/C20H24O4S/c1-15(2)17-9-11-19(12-10-17)25(22,23)16(3)13-14-24-20(21)18-7-5-4-6-8-18/h4-12,15-16H,13-14H2,1-3H3. The van der Waals surface area contributed by atoms with Crippen molar-refractivity contribution >= 4 is 15.8 Å². The van der Waals surface area contributed by atoms with Gasteiger partial charge in [0.15, 0.2) is 9.84 Å². The SMILES string of the molecule is CC(C)c1ccc(S(=O)(=O)C(C)CCOC(=O)c2ccccc2)cc1. The molecule has 0 aliphatic heterocycles. The highest BCUT2D eigenvalue weighted by atomic mass is 32.2. The molecule has 25 heavy (non-hydrogen) atoms. The summed E-state index contributed by atoms with van der Waals surface area (Å²) in [6, 6.07) is 15.6. The molecule has 0 spiro atoms. The highest BCUT2D eigenvalue weighted by molar-refractivity contribution is 7.92. The van der Waals surface area contributed by atoms with E-state index in [2.05, 4.69) is 13.8 Å². The summed E-state index contributed by atoms with van der Waals surface area (Å²) in [6.07, 6.45) is 0.257. The van der Waals surface area contributed by atoms with E-state index in [0.717, 1.165) is 5.56 Å². The van der Waals surface area contributed by atoms with Crippen LogP contribution in [0.3, 0.4) is 0 Å². The first-order valence-corrected chi connectivity index (χ1v) is 9.93. The number of rotatable bonds is 7. The van der Waals surface area contributed by atoms with Crippen molar-refractivity contribution in [2.45, 2.75) is 43.3 Å². The quantitative estimate of drug-likeness (QED) is 0.694. The lowest BCUT2D eigenvalue weighted by atomic mass is 10.0. The predicted molar refractivity (Wildman–Crippen MR) is 98.5 cm³/mol. The summed E-state index contributed by atoms with van der Waals surface area (Å²) in [4.78, 5) is 12.2. The lowest BCUT2D eigenvalue weighted by Crippen LogP contribution is -2.21. The topological polar surface area (TPSA) is 60.4 Å². The van der Waals surface area contributed by atoms with Crippen molar-refractivity contribution in [3.63, 3.8) is 0 Å². The fraction of sp³-hybridized carbons (Fsp3) is 0.350. The number of carbonyl (C=O) groups is 1. The second-order valence-electron chi connectivity index (χ2n) is 6.37. The molecule has 0 bridgehead atoms. The summed E-state index contributed by atoms with van der Waals surface area (Å²) in [5, 5.41) is -0.624. The van der Waals surface area contributed by atoms with Crippen molar-refractivity contribution in [2.75, 3.05) is 6.61 Å². The van der Waals surface area contributed by atoms with Crippen LogP contribution in [-0.4, -0.2) is 26.2 Å². The number of hydrogen-bond acceptors (Lipinski definition) is 4. The Morgan fingerprint density at radius 3 is 2.12 bits per heavy atom. The van der Waals surface area contributed by atoms with Gasteiger partial charge in [-0.05, 0) is 49.1 Å². The maximum Gasteiger partial charge on any atom is 0.338 e. The van der Waals surface area contributed by atoms with Gasteiger partial charge in [-0.15, -0.1) is 0 Å². The van der Waals surface area contributed by atoms with Gasteiger partial charge in [0.25, 0.3) is 0 Å². The zero-order chi connectivity index (χ0) is 18.4. The van der Waals surface area contributed by atoms with E-state index in [0.29, 0.717) is 16.4 Å². The fourth-order valence-electron chi connectivity index (χ4n) is 2.41. The summed E-state index contributed by atoms with van der Waals surface area (Å²) in [5.41, 5.74) is 1.56. The van der Waals surface area contributed by atoms with Crippen molar-refractivity contribution in [2.24, 2.45) is 0 Å². The third kappa shape index (κ3) is 4.92. The van der Waals surface area contributed by atoms with Gasteiger partial charge >= 0.3 is 5.97 Å². The van der Waals surface area contributed by atoms with Crippen molar-refractivity contribution in [1.82, 2.24) is 0 Å². The molecule has 134 valence electrons. The van der Waals surface area contributed by atoms with Gasteiger partial charge in [-0.25, -0.2) is 13.2 Å². The molecule has 0 saturated carbocycles. The summed E-state index contributed by atoms with van der Waals surface area (Å²) < 4.78 is 30.4. The second kappa shape index (κ2) is 8.30. The van der Waals surface area contributed by atoms with Crippen LogP contribution >= 0.6 is 0 Å². The predicted octanol–water partition coefficient (Wildman–Crippen LogP) is 4.22. The monoisotopic (exact) mass is 360 g/mol. The number of sulfone groups is 1. The minimum Gasteiger partial charge on any atom is -0.462 e. The van der Waals surface area contributed by atoms with Gasteiger partial charge in [0, 0.05) is 0 Å². The third-order valence-electron chi connectivity index (χ3n) is 4.17. The van der Waals surface area contributed by atoms with Gasteiger partial charge in [0.1, 0.15) is 0 Å². The van der Waals surface area contributed by atoms with Gasteiger partial charge in [0.2, 0.25) is 0 Å². The van der Waals surface area contributed by atoms with Crippen LogP contribution in [0.15, 0.2) is 59.5 Å². The van der Waals surface area contributed by atoms with E-state index in [4.69, 9.17) is 4.74 Å². The molecule has 1 atom stereocenters. The van der Waals surface area contributed by atoms with Gasteiger partial charge in [-0.2, -0.15) is 0 Å². The average molecular weight is 360 g/mol. The molecule has 2 rings (SSSR count). The Hall–Kier alpha value is -2.14. The molecule has 5 heteroatoms. The number of carbonyl (C=O) groups excluding carboxylic acids is 1. The van der Waals surface area contributed by atoms with E-state index in [-0.39, 0.29) is 13.0 Å². The minimum atomic E-state index is -3.44. The summed E-state index contributed by atoms with van der Waals surface area (Å²) in [5.74, 6) is -0.0851. The van der Waals surface area contributed by atoms with Crippen molar-refractivity contribution in [1.29, 1.82) is 0 Å². The number of benzene rings is 2. The van der Waals surface area contributed by atoms with Crippen LogP contribution in [0.4, 0.5) is 0 Å². The Labute approximate surface area is 149 Å². The molecular weight excluding hydrogens is 336 g/mol. The van der Waals surface area contributed by atoms with Gasteiger partial charge in [-0.3, -0.25) is 0 Å². The smallest absolute Gasteiger partial charge is 0.338 e. The minimum absolute atomic E-state index is 0.0677. The maximum atomic E-state index is 12.6. The molecular formula is C20H24O4S. The molecule has 0 fully saturated rings. The van der Waals surface area contributed by atoms with Gasteiger partial charge in [-0.1, -0.05) is 44.2 Å². The molecule has 2 aromatic rings. The average Bonchev–Trinajstić information content (AvgIpc) is 2.62. The molecule has 0 radical (unpaired) electrons. The molecule has 0 saturated heterocycles. The lowest BCUT2D eigenvalue weighted by molar-refractivity contribution is 0.0500. The summed E-state index contributed by atoms with van der Waals surface area (Å²) in [7, 11) is -3.44. The molecule has 0 N–H and O–H groups in total. The zero-order valence-electron chi connectivity index (χ0n) is 14.8. The Bertz CT molecular complexity index is 793. The lowest BCUT2D eigenvalue weighted by Gasteiger charge is -2.14. The van der Waals surface area contributed by atoms with Crippen molar-refractivity contribution < 1.29 is 17.9 Å². The van der Waals surface area contributed by atoms with Crippen LogP contribution in [0.5, 0.6) is 0 Å². The summed E-state index contributed by atoms with van der Waals surface area (Å²) >= 11 is 0. The maximum absolute atomic E-state index is 12.6. The van der Waals surface area contributed by atoms with E-state index >= 15 is 0 Å². The molecule has 0 aliphatic rings. The Kier molecular flexibility index (Phi) is 6.37. The molecule has 0 aromatic heterocycles. The normalized spacial score (nSPS) is 12.8. The molecule has 4 nitrogen and oxygen atoms in total. The largest absolute Gasteiger partial charge is 0.462 e. The van der Waals surface area contributed by atoms with Crippen LogP contribution in [0.1, 0.15) is 49.0 Å². The Morgan fingerprint density at radius 2 is 1.56 bits per heavy atom. The van der Waals surface area contributed by atoms with E-state index in [9.17, 15) is 13.2 Å². The fourth-order valence-corrected chi connectivity index (χ4v) is 3.79. The van der Waals surface area contributed by atoms with Gasteiger partial charge in [0.05, 0.1) is 22.3 Å². The molecule has 0 heterocycles. The molecule has 1 unspecified atom stereocenters. The first-order valence-electron chi connectivity index (χ1n) is 8.38. The van der Waals surface area contributed by atoms with E-state index in [1.54, 1.807) is 43.3 Å². The van der Waals surface area contributed by atoms with E-state index in [1.807, 2.05) is 18.2 Å². The second-order valence-corrected chi connectivity index (χ2v) is 8.74. The first kappa shape index (κ1) is 19.2. The Balaban J connectivity index is 1.95. The van der Waals surface area contributed by atoms with E-state index < -0.39 is 21.1 Å². The summed E-state index contributed by atoms with van der Waals surface area (Å²) in [6.45, 7) is 5.83. The van der Waals surface area contributed by atoms with Gasteiger partial charge < -0.3 is 4.74 Å². The van der Waals surface area contributed by atoms with Crippen molar-refractivity contribution in [3.8, 4) is 0 Å². The Morgan fingerprint density at radius 1 is 0.960 bits per heavy atom. The highest BCUT2D eigenvalue weighted by Gasteiger charge is 2.23. The molecule has 0 amide bonds. The number of hydrogen-bond donors (Lipinski definition) is 0.